The molecule has 1 saturated heterocycles. The molecule has 16 heavy (non-hydrogen) atoms. The molecule has 1 aromatic rings. The van der Waals surface area contributed by atoms with Gasteiger partial charge in [0, 0.05) is 18.2 Å². The molecule has 1 amide bonds. The fraction of sp³-hybridized carbons (Fsp3) is 0.545. The van der Waals surface area contributed by atoms with E-state index in [1.165, 1.54) is 0 Å². The average Bonchev–Trinajstić information content (AvgIpc) is 2.66. The SMILES string of the molecule is Cc1ccoc1C(=O)NC1CCCNC1.Cl. The molecule has 0 spiro atoms. The number of hydrogen-bond acceptors (Lipinski definition) is 3. The maximum absolute atomic E-state index is 11.8. The molecule has 2 N–H and O–H groups in total. The first-order chi connectivity index (χ1) is 7.27. The van der Waals surface area contributed by atoms with E-state index >= 15 is 0 Å². The van der Waals surface area contributed by atoms with Gasteiger partial charge in [-0.15, -0.1) is 12.4 Å². The van der Waals surface area contributed by atoms with E-state index in [9.17, 15) is 4.79 Å². The molecule has 1 aliphatic rings. The third kappa shape index (κ3) is 3.00. The standard InChI is InChI=1S/C11H16N2O2.ClH/c1-8-4-6-15-10(8)11(14)13-9-3-2-5-12-7-9;/h4,6,9,12H,2-3,5,7H2,1H3,(H,13,14);1H. The van der Waals surface area contributed by atoms with Crippen molar-refractivity contribution in [3.05, 3.63) is 23.7 Å². The lowest BCUT2D eigenvalue weighted by atomic mass is 10.1. The Hall–Kier alpha value is -1.00. The van der Waals surface area contributed by atoms with Crippen LogP contribution < -0.4 is 10.6 Å². The minimum absolute atomic E-state index is 0. The summed E-state index contributed by atoms with van der Waals surface area (Å²) in [5.74, 6) is 0.326. The summed E-state index contributed by atoms with van der Waals surface area (Å²) in [6.45, 7) is 3.77. The largest absolute Gasteiger partial charge is 0.459 e. The van der Waals surface area contributed by atoms with E-state index in [1.54, 1.807) is 12.3 Å². The van der Waals surface area contributed by atoms with Gasteiger partial charge in [0.2, 0.25) is 0 Å². The minimum atomic E-state index is -0.105. The second kappa shape index (κ2) is 5.92. The summed E-state index contributed by atoms with van der Waals surface area (Å²) in [7, 11) is 0. The van der Waals surface area contributed by atoms with Crippen molar-refractivity contribution in [3.63, 3.8) is 0 Å². The maximum Gasteiger partial charge on any atom is 0.287 e. The van der Waals surface area contributed by atoms with Gasteiger partial charge < -0.3 is 15.1 Å². The molecule has 90 valence electrons. The van der Waals surface area contributed by atoms with Crippen LogP contribution >= 0.6 is 12.4 Å². The number of piperidine rings is 1. The van der Waals surface area contributed by atoms with Crippen molar-refractivity contribution >= 4 is 18.3 Å². The fourth-order valence-electron chi connectivity index (χ4n) is 1.83. The van der Waals surface area contributed by atoms with Crippen molar-refractivity contribution in [2.75, 3.05) is 13.1 Å². The van der Waals surface area contributed by atoms with E-state index in [0.717, 1.165) is 31.5 Å². The highest BCUT2D eigenvalue weighted by atomic mass is 35.5. The number of furan rings is 1. The Morgan fingerprint density at radius 1 is 1.62 bits per heavy atom. The van der Waals surface area contributed by atoms with Gasteiger partial charge >= 0.3 is 0 Å². The Morgan fingerprint density at radius 2 is 2.44 bits per heavy atom. The summed E-state index contributed by atoms with van der Waals surface area (Å²) >= 11 is 0. The number of nitrogens with one attached hydrogen (secondary N) is 2. The topological polar surface area (TPSA) is 54.3 Å². The lowest BCUT2D eigenvalue weighted by Crippen LogP contribution is -2.45. The highest BCUT2D eigenvalue weighted by Gasteiger charge is 2.18. The van der Waals surface area contributed by atoms with Gasteiger partial charge in [-0.25, -0.2) is 0 Å². The Labute approximate surface area is 101 Å². The molecule has 0 aliphatic carbocycles. The van der Waals surface area contributed by atoms with Gasteiger partial charge in [0.15, 0.2) is 5.76 Å². The monoisotopic (exact) mass is 244 g/mol. The van der Waals surface area contributed by atoms with Gasteiger partial charge in [-0.3, -0.25) is 4.79 Å². The van der Waals surface area contributed by atoms with Crippen molar-refractivity contribution in [1.29, 1.82) is 0 Å². The molecule has 1 unspecified atom stereocenters. The molecular formula is C11H17ClN2O2. The van der Waals surface area contributed by atoms with Crippen LogP contribution in [0.1, 0.15) is 29.0 Å². The maximum atomic E-state index is 11.8. The predicted octanol–water partition coefficient (Wildman–Crippen LogP) is 1.49. The second-order valence-electron chi connectivity index (χ2n) is 3.95. The lowest BCUT2D eigenvalue weighted by Gasteiger charge is -2.23. The number of carbonyl (C=O) groups is 1. The number of halogens is 1. The molecule has 1 aliphatic heterocycles. The normalized spacial score (nSPS) is 19.9. The zero-order valence-electron chi connectivity index (χ0n) is 9.29. The first-order valence-electron chi connectivity index (χ1n) is 5.33. The quantitative estimate of drug-likeness (QED) is 0.829. The number of hydrogen-bond donors (Lipinski definition) is 2. The predicted molar refractivity (Wildman–Crippen MR) is 64.1 cm³/mol. The Bertz CT molecular complexity index is 346. The summed E-state index contributed by atoms with van der Waals surface area (Å²) in [4.78, 5) is 11.8. The van der Waals surface area contributed by atoms with Crippen LogP contribution in [-0.2, 0) is 0 Å². The van der Waals surface area contributed by atoms with Crippen LogP contribution in [0.2, 0.25) is 0 Å². The van der Waals surface area contributed by atoms with Crippen LogP contribution in [0.3, 0.4) is 0 Å². The molecule has 1 atom stereocenters. The molecule has 0 bridgehead atoms. The molecular weight excluding hydrogens is 228 g/mol. The zero-order valence-corrected chi connectivity index (χ0v) is 10.1. The zero-order chi connectivity index (χ0) is 10.7. The summed E-state index contributed by atoms with van der Waals surface area (Å²) in [6.07, 6.45) is 3.70. The molecule has 1 fully saturated rings. The first kappa shape index (κ1) is 13.1. The Kier molecular flexibility index (Phi) is 4.83. The Balaban J connectivity index is 0.00000128. The highest BCUT2D eigenvalue weighted by molar-refractivity contribution is 5.93. The van der Waals surface area contributed by atoms with Crippen LogP contribution in [0.4, 0.5) is 0 Å². The van der Waals surface area contributed by atoms with Crippen molar-refractivity contribution in [2.45, 2.75) is 25.8 Å². The summed E-state index contributed by atoms with van der Waals surface area (Å²) < 4.78 is 5.14. The van der Waals surface area contributed by atoms with Gasteiger partial charge in [-0.2, -0.15) is 0 Å². The van der Waals surface area contributed by atoms with E-state index < -0.39 is 0 Å². The van der Waals surface area contributed by atoms with Gasteiger partial charge in [-0.1, -0.05) is 0 Å². The molecule has 0 aromatic carbocycles. The van der Waals surface area contributed by atoms with Crippen LogP contribution in [0, 0.1) is 6.92 Å². The first-order valence-corrected chi connectivity index (χ1v) is 5.33. The summed E-state index contributed by atoms with van der Waals surface area (Å²) in [5, 5.41) is 6.22. The van der Waals surface area contributed by atoms with Gasteiger partial charge in [0.05, 0.1) is 6.26 Å². The summed E-state index contributed by atoms with van der Waals surface area (Å²) in [5.41, 5.74) is 0.885. The molecule has 2 heterocycles. The third-order valence-electron chi connectivity index (χ3n) is 2.70. The molecule has 0 saturated carbocycles. The van der Waals surface area contributed by atoms with Crippen LogP contribution in [0.15, 0.2) is 16.7 Å². The van der Waals surface area contributed by atoms with Crippen LogP contribution in [-0.4, -0.2) is 25.0 Å². The fourth-order valence-corrected chi connectivity index (χ4v) is 1.83. The third-order valence-corrected chi connectivity index (χ3v) is 2.70. The second-order valence-corrected chi connectivity index (χ2v) is 3.95. The average molecular weight is 245 g/mol. The van der Waals surface area contributed by atoms with Crippen molar-refractivity contribution in [2.24, 2.45) is 0 Å². The number of amides is 1. The van der Waals surface area contributed by atoms with Crippen LogP contribution in [0.5, 0.6) is 0 Å². The molecule has 5 heteroatoms. The molecule has 1 aromatic heterocycles. The number of rotatable bonds is 2. The molecule has 4 nitrogen and oxygen atoms in total. The number of carbonyl (C=O) groups excluding carboxylic acids is 1. The molecule has 2 rings (SSSR count). The van der Waals surface area contributed by atoms with E-state index in [0.29, 0.717) is 5.76 Å². The van der Waals surface area contributed by atoms with Crippen molar-refractivity contribution < 1.29 is 9.21 Å². The minimum Gasteiger partial charge on any atom is -0.459 e. The number of aryl methyl sites for hydroxylation is 1. The van der Waals surface area contributed by atoms with Gasteiger partial charge in [0.25, 0.3) is 5.91 Å². The smallest absolute Gasteiger partial charge is 0.287 e. The molecule has 0 radical (unpaired) electrons. The van der Waals surface area contributed by atoms with Crippen molar-refractivity contribution in [1.82, 2.24) is 10.6 Å². The Morgan fingerprint density at radius 3 is 3.00 bits per heavy atom. The van der Waals surface area contributed by atoms with Gasteiger partial charge in [0.1, 0.15) is 0 Å². The highest BCUT2D eigenvalue weighted by Crippen LogP contribution is 2.09. The van der Waals surface area contributed by atoms with E-state index in [4.69, 9.17) is 4.42 Å². The van der Waals surface area contributed by atoms with E-state index in [1.807, 2.05) is 6.92 Å². The van der Waals surface area contributed by atoms with E-state index in [-0.39, 0.29) is 24.4 Å². The lowest BCUT2D eigenvalue weighted by molar-refractivity contribution is 0.0901. The van der Waals surface area contributed by atoms with Crippen LogP contribution in [0.25, 0.3) is 0 Å². The van der Waals surface area contributed by atoms with Gasteiger partial charge in [-0.05, 0) is 32.4 Å². The van der Waals surface area contributed by atoms with E-state index in [2.05, 4.69) is 10.6 Å². The summed E-state index contributed by atoms with van der Waals surface area (Å²) in [6, 6.07) is 2.03. The van der Waals surface area contributed by atoms with Crippen molar-refractivity contribution in [3.8, 4) is 0 Å².